The van der Waals surface area contributed by atoms with Crippen LogP contribution in [0.15, 0.2) is 54.6 Å². The van der Waals surface area contributed by atoms with Crippen molar-refractivity contribution in [1.29, 1.82) is 0 Å². The number of rotatable bonds is 16. The van der Waals surface area contributed by atoms with E-state index in [4.69, 9.17) is 11.5 Å². The van der Waals surface area contributed by atoms with Crippen molar-refractivity contribution in [3.05, 3.63) is 65.7 Å². The number of carbonyl (C=O) groups excluding carboxylic acids is 3. The van der Waals surface area contributed by atoms with Crippen LogP contribution >= 0.6 is 12.6 Å². The Balaban J connectivity index is 2.26. The number of aromatic hydroxyl groups is 1. The number of aliphatic carboxylic acids is 1. The fraction of sp³-hybridized carbons (Fsp3) is 0.407. The first-order valence-corrected chi connectivity index (χ1v) is 13.3. The second kappa shape index (κ2) is 16.4. The number of hydrogen-bond donors (Lipinski definition) is 8. The van der Waals surface area contributed by atoms with Crippen LogP contribution in [0.5, 0.6) is 5.75 Å². The van der Waals surface area contributed by atoms with E-state index in [-0.39, 0.29) is 30.8 Å². The summed E-state index contributed by atoms with van der Waals surface area (Å²) in [6.45, 7) is 0.405. The van der Waals surface area contributed by atoms with E-state index >= 15 is 0 Å². The maximum absolute atomic E-state index is 13.3. The largest absolute Gasteiger partial charge is 0.508 e. The van der Waals surface area contributed by atoms with Gasteiger partial charge in [-0.1, -0.05) is 42.5 Å². The van der Waals surface area contributed by atoms with Crippen molar-refractivity contribution in [2.75, 3.05) is 12.3 Å². The molecule has 2 aromatic rings. The van der Waals surface area contributed by atoms with Crippen LogP contribution in [0, 0.1) is 0 Å². The molecule has 11 nitrogen and oxygen atoms in total. The molecular formula is C27H37N5O6S. The second-order valence-corrected chi connectivity index (χ2v) is 9.52. The second-order valence-electron chi connectivity index (χ2n) is 9.16. The van der Waals surface area contributed by atoms with Crippen LogP contribution in [-0.2, 0) is 32.0 Å². The summed E-state index contributed by atoms with van der Waals surface area (Å²) in [7, 11) is 0. The monoisotopic (exact) mass is 559 g/mol. The fourth-order valence-electron chi connectivity index (χ4n) is 3.79. The molecule has 2 aromatic carbocycles. The standard InChI is InChI=1S/C27H37N5O6S/c28-13-5-4-8-21(30-24(34)20(29)16-39)25(35)31-22(14-18-9-11-19(33)12-10-18)26(36)32-23(27(37)38)15-17-6-2-1-3-7-17/h1-3,6-7,9-12,20-23,33,39H,4-5,8,13-16,28-29H2,(H,30,34)(H,31,35)(H,32,36)(H,37,38). The zero-order chi connectivity index (χ0) is 28.8. The molecule has 0 saturated carbocycles. The van der Waals surface area contributed by atoms with Gasteiger partial charge in [-0.05, 0) is 49.1 Å². The summed E-state index contributed by atoms with van der Waals surface area (Å²) in [6, 6.07) is 10.6. The highest BCUT2D eigenvalue weighted by atomic mass is 32.1. The number of phenolic OH excluding ortho intramolecular Hbond substituents is 1. The van der Waals surface area contributed by atoms with Crippen molar-refractivity contribution in [3.63, 3.8) is 0 Å². The third kappa shape index (κ3) is 11.0. The van der Waals surface area contributed by atoms with Gasteiger partial charge in [0.1, 0.15) is 23.9 Å². The van der Waals surface area contributed by atoms with E-state index in [1.165, 1.54) is 12.1 Å². The molecule has 0 bridgehead atoms. The van der Waals surface area contributed by atoms with Gasteiger partial charge in [-0.3, -0.25) is 14.4 Å². The van der Waals surface area contributed by atoms with Crippen molar-refractivity contribution < 1.29 is 29.4 Å². The summed E-state index contributed by atoms with van der Waals surface area (Å²) in [5.74, 6) is -3.02. The summed E-state index contributed by atoms with van der Waals surface area (Å²) < 4.78 is 0. The molecule has 12 heteroatoms. The summed E-state index contributed by atoms with van der Waals surface area (Å²) in [5, 5.41) is 27.2. The van der Waals surface area contributed by atoms with Crippen molar-refractivity contribution in [2.24, 2.45) is 11.5 Å². The Morgan fingerprint density at radius 1 is 0.769 bits per heavy atom. The molecule has 0 saturated heterocycles. The predicted octanol–water partition coefficient (Wildman–Crippen LogP) is 0.103. The lowest BCUT2D eigenvalue weighted by molar-refractivity contribution is -0.142. The minimum absolute atomic E-state index is 0.00908. The van der Waals surface area contributed by atoms with E-state index in [1.54, 1.807) is 42.5 Å². The highest BCUT2D eigenvalue weighted by Gasteiger charge is 2.30. The lowest BCUT2D eigenvalue weighted by Crippen LogP contribution is -2.58. The third-order valence-electron chi connectivity index (χ3n) is 6.02. The number of phenols is 1. The Bertz CT molecular complexity index is 1090. The number of amides is 3. The van der Waals surface area contributed by atoms with Gasteiger partial charge in [0.15, 0.2) is 0 Å². The maximum Gasteiger partial charge on any atom is 0.326 e. The van der Waals surface area contributed by atoms with E-state index < -0.39 is 47.9 Å². The van der Waals surface area contributed by atoms with Gasteiger partial charge in [0, 0.05) is 18.6 Å². The first-order valence-electron chi connectivity index (χ1n) is 12.7. The third-order valence-corrected chi connectivity index (χ3v) is 6.41. The molecule has 0 spiro atoms. The molecule has 0 aliphatic rings. The Hall–Kier alpha value is -3.61. The lowest BCUT2D eigenvalue weighted by Gasteiger charge is -2.25. The summed E-state index contributed by atoms with van der Waals surface area (Å²) >= 11 is 4.02. The topological polar surface area (TPSA) is 197 Å². The number of unbranched alkanes of at least 4 members (excludes halogenated alkanes) is 1. The van der Waals surface area contributed by atoms with Crippen LogP contribution in [0.2, 0.25) is 0 Å². The molecule has 3 amide bonds. The van der Waals surface area contributed by atoms with Gasteiger partial charge in [-0.25, -0.2) is 4.79 Å². The number of hydrogen-bond acceptors (Lipinski definition) is 8. The van der Waals surface area contributed by atoms with Crippen LogP contribution < -0.4 is 27.4 Å². The Morgan fingerprint density at radius 3 is 1.90 bits per heavy atom. The van der Waals surface area contributed by atoms with Crippen LogP contribution in [0.3, 0.4) is 0 Å². The number of carboxylic acid groups (broad SMARTS) is 1. The Kier molecular flexibility index (Phi) is 13.3. The molecule has 4 atom stereocenters. The Labute approximate surface area is 233 Å². The van der Waals surface area contributed by atoms with Gasteiger partial charge in [0.2, 0.25) is 17.7 Å². The van der Waals surface area contributed by atoms with Crippen molar-refractivity contribution in [2.45, 2.75) is 56.3 Å². The first kappa shape index (κ1) is 31.6. The van der Waals surface area contributed by atoms with Gasteiger partial charge < -0.3 is 37.6 Å². The maximum atomic E-state index is 13.3. The minimum Gasteiger partial charge on any atom is -0.508 e. The zero-order valence-corrected chi connectivity index (χ0v) is 22.5. The van der Waals surface area contributed by atoms with E-state index in [0.29, 0.717) is 30.5 Å². The fourth-order valence-corrected chi connectivity index (χ4v) is 3.96. The van der Waals surface area contributed by atoms with Gasteiger partial charge in [-0.15, -0.1) is 0 Å². The average molecular weight is 560 g/mol. The van der Waals surface area contributed by atoms with Crippen molar-refractivity contribution >= 4 is 36.3 Å². The number of thiol groups is 1. The summed E-state index contributed by atoms with van der Waals surface area (Å²) in [5.41, 5.74) is 12.6. The van der Waals surface area contributed by atoms with Crippen LogP contribution in [-0.4, -0.2) is 70.4 Å². The van der Waals surface area contributed by atoms with Crippen molar-refractivity contribution in [3.8, 4) is 5.75 Å². The molecule has 0 heterocycles. The molecule has 0 aliphatic heterocycles. The van der Waals surface area contributed by atoms with Gasteiger partial charge >= 0.3 is 5.97 Å². The molecular weight excluding hydrogens is 522 g/mol. The van der Waals surface area contributed by atoms with Crippen molar-refractivity contribution in [1.82, 2.24) is 16.0 Å². The number of carboxylic acids is 1. The molecule has 39 heavy (non-hydrogen) atoms. The van der Waals surface area contributed by atoms with Crippen LogP contribution in [0.1, 0.15) is 30.4 Å². The normalized spacial score (nSPS) is 13.9. The van der Waals surface area contributed by atoms with E-state index in [0.717, 1.165) is 0 Å². The smallest absolute Gasteiger partial charge is 0.326 e. The number of carbonyl (C=O) groups is 4. The molecule has 0 aliphatic carbocycles. The highest BCUT2D eigenvalue weighted by Crippen LogP contribution is 2.13. The molecule has 0 radical (unpaired) electrons. The van der Waals surface area contributed by atoms with Crippen LogP contribution in [0.4, 0.5) is 0 Å². The van der Waals surface area contributed by atoms with E-state index in [1.807, 2.05) is 0 Å². The number of nitrogens with two attached hydrogens (primary N) is 2. The van der Waals surface area contributed by atoms with Gasteiger partial charge in [0.05, 0.1) is 6.04 Å². The Morgan fingerprint density at radius 2 is 1.31 bits per heavy atom. The predicted molar refractivity (Wildman–Crippen MR) is 150 cm³/mol. The molecule has 212 valence electrons. The number of benzene rings is 2. The minimum atomic E-state index is -1.24. The number of nitrogens with one attached hydrogen (secondary N) is 3. The zero-order valence-electron chi connectivity index (χ0n) is 21.6. The average Bonchev–Trinajstić information content (AvgIpc) is 2.92. The first-order chi connectivity index (χ1) is 18.6. The van der Waals surface area contributed by atoms with Gasteiger partial charge in [-0.2, -0.15) is 12.6 Å². The van der Waals surface area contributed by atoms with Crippen LogP contribution in [0.25, 0.3) is 0 Å². The summed E-state index contributed by atoms with van der Waals surface area (Å²) in [6.07, 6.45) is 1.47. The lowest BCUT2D eigenvalue weighted by atomic mass is 10.0. The summed E-state index contributed by atoms with van der Waals surface area (Å²) in [4.78, 5) is 51.0. The van der Waals surface area contributed by atoms with E-state index in [9.17, 15) is 29.4 Å². The van der Waals surface area contributed by atoms with Gasteiger partial charge in [0.25, 0.3) is 0 Å². The highest BCUT2D eigenvalue weighted by molar-refractivity contribution is 7.80. The van der Waals surface area contributed by atoms with E-state index in [2.05, 4.69) is 28.6 Å². The molecule has 4 unspecified atom stereocenters. The quantitative estimate of drug-likeness (QED) is 0.105. The molecule has 2 rings (SSSR count). The molecule has 0 fully saturated rings. The molecule has 0 aromatic heterocycles. The molecule has 9 N–H and O–H groups in total. The SMILES string of the molecule is NCCCCC(NC(=O)C(N)CS)C(=O)NC(Cc1ccc(O)cc1)C(=O)NC(Cc1ccccc1)C(=O)O.